The number of ether oxygens (including phenoxy) is 1. The van der Waals surface area contributed by atoms with Gasteiger partial charge in [0.2, 0.25) is 5.91 Å². The Labute approximate surface area is 180 Å². The number of hydrogen-bond donors (Lipinski definition) is 1. The fourth-order valence-corrected chi connectivity index (χ4v) is 3.53. The van der Waals surface area contributed by atoms with Crippen LogP contribution in [0.5, 0.6) is 5.75 Å². The van der Waals surface area contributed by atoms with Crippen molar-refractivity contribution in [1.29, 1.82) is 0 Å². The molecule has 0 bridgehead atoms. The van der Waals surface area contributed by atoms with Gasteiger partial charge in [-0.05, 0) is 35.7 Å². The zero-order valence-corrected chi connectivity index (χ0v) is 18.6. The minimum atomic E-state index is -0.294. The van der Waals surface area contributed by atoms with Crippen LogP contribution < -0.4 is 10.1 Å². The van der Waals surface area contributed by atoms with E-state index in [9.17, 15) is 9.59 Å². The van der Waals surface area contributed by atoms with E-state index < -0.39 is 0 Å². The van der Waals surface area contributed by atoms with Gasteiger partial charge < -0.3 is 15.0 Å². The molecule has 3 rings (SSSR count). The lowest BCUT2D eigenvalue weighted by atomic mass is 9.92. The van der Waals surface area contributed by atoms with Gasteiger partial charge in [-0.15, -0.1) is 11.3 Å². The molecule has 2 amide bonds. The summed E-state index contributed by atoms with van der Waals surface area (Å²) in [5.41, 5.74) is 1.45. The molecule has 0 saturated heterocycles. The number of hydrogen-bond acceptors (Lipinski definition) is 5. The Morgan fingerprint density at radius 1 is 1.20 bits per heavy atom. The Morgan fingerprint density at radius 3 is 2.47 bits per heavy atom. The largest absolute Gasteiger partial charge is 0.497 e. The van der Waals surface area contributed by atoms with Gasteiger partial charge in [0.15, 0.2) is 0 Å². The van der Waals surface area contributed by atoms with Crippen molar-refractivity contribution in [3.05, 3.63) is 58.4 Å². The smallest absolute Gasteiger partial charge is 0.264 e. The Hall–Kier alpha value is -3.13. The topological polar surface area (TPSA) is 76.5 Å². The highest BCUT2D eigenvalue weighted by molar-refractivity contribution is 7.12. The maximum Gasteiger partial charge on any atom is 0.264 e. The van der Waals surface area contributed by atoms with E-state index in [2.05, 4.69) is 26.1 Å². The number of aromatic nitrogens is 2. The molecule has 0 fully saturated rings. The average Bonchev–Trinajstić information content (AvgIpc) is 3.37. The molecule has 0 saturated carbocycles. The predicted molar refractivity (Wildman–Crippen MR) is 119 cm³/mol. The van der Waals surface area contributed by atoms with Gasteiger partial charge in [-0.25, -0.2) is 4.68 Å². The lowest BCUT2D eigenvalue weighted by Crippen LogP contribution is -2.34. The van der Waals surface area contributed by atoms with Crippen LogP contribution in [0.3, 0.4) is 0 Å². The molecule has 2 aromatic heterocycles. The predicted octanol–water partition coefficient (Wildman–Crippen LogP) is 3.95. The van der Waals surface area contributed by atoms with Gasteiger partial charge >= 0.3 is 0 Å². The summed E-state index contributed by atoms with van der Waals surface area (Å²) >= 11 is 1.35. The van der Waals surface area contributed by atoms with Crippen molar-refractivity contribution in [1.82, 2.24) is 14.7 Å². The molecule has 0 radical (unpaired) electrons. The lowest BCUT2D eigenvalue weighted by Gasteiger charge is -2.16. The quantitative estimate of drug-likeness (QED) is 0.648. The highest BCUT2D eigenvalue weighted by Gasteiger charge is 2.22. The Bertz CT molecular complexity index is 1020. The van der Waals surface area contributed by atoms with Crippen LogP contribution in [0.15, 0.2) is 47.8 Å². The van der Waals surface area contributed by atoms with Gasteiger partial charge in [-0.2, -0.15) is 5.10 Å². The summed E-state index contributed by atoms with van der Waals surface area (Å²) in [5, 5.41) is 9.43. The van der Waals surface area contributed by atoms with E-state index >= 15 is 0 Å². The summed E-state index contributed by atoms with van der Waals surface area (Å²) in [6.45, 7) is 6.13. The second-order valence-corrected chi connectivity index (χ2v) is 8.91. The molecule has 0 aliphatic carbocycles. The molecule has 0 aliphatic heterocycles. The van der Waals surface area contributed by atoms with Gasteiger partial charge in [0, 0.05) is 18.5 Å². The van der Waals surface area contributed by atoms with E-state index in [0.29, 0.717) is 10.7 Å². The summed E-state index contributed by atoms with van der Waals surface area (Å²) < 4.78 is 6.91. The number of benzene rings is 1. The van der Waals surface area contributed by atoms with Crippen LogP contribution in [0.25, 0.3) is 5.69 Å². The molecular formula is C22H26N4O3S. The molecule has 0 unspecified atom stereocenters. The standard InChI is InChI=1S/C22H26N4O3S/c1-22(2,3)18-13-19(26(24-18)15-8-10-16(29-5)11-9-15)23-20(27)14-25(4)21(28)17-7-6-12-30-17/h6-13H,14H2,1-5H3,(H,23,27). The van der Waals surface area contributed by atoms with E-state index in [1.54, 1.807) is 24.9 Å². The zero-order chi connectivity index (χ0) is 21.9. The van der Waals surface area contributed by atoms with Crippen molar-refractivity contribution in [2.24, 2.45) is 0 Å². The van der Waals surface area contributed by atoms with Crippen molar-refractivity contribution in [2.45, 2.75) is 26.2 Å². The van der Waals surface area contributed by atoms with Crippen LogP contribution in [0.4, 0.5) is 5.82 Å². The maximum atomic E-state index is 12.7. The van der Waals surface area contributed by atoms with Crippen molar-refractivity contribution < 1.29 is 14.3 Å². The van der Waals surface area contributed by atoms with Crippen molar-refractivity contribution >= 4 is 29.0 Å². The van der Waals surface area contributed by atoms with Crippen LogP contribution in [0.1, 0.15) is 36.1 Å². The van der Waals surface area contributed by atoms with Gasteiger partial charge in [0.05, 0.1) is 29.9 Å². The summed E-state index contributed by atoms with van der Waals surface area (Å²) in [6, 6.07) is 12.9. The molecule has 8 heteroatoms. The number of carbonyl (C=O) groups excluding carboxylic acids is 2. The Kier molecular flexibility index (Phi) is 6.26. The van der Waals surface area contributed by atoms with Crippen LogP contribution in [0, 0.1) is 0 Å². The molecule has 158 valence electrons. The average molecular weight is 427 g/mol. The first-order valence-electron chi connectivity index (χ1n) is 9.53. The van der Waals surface area contributed by atoms with Crippen molar-refractivity contribution in [3.63, 3.8) is 0 Å². The molecule has 30 heavy (non-hydrogen) atoms. The molecule has 0 aliphatic rings. The molecule has 1 N–H and O–H groups in total. The fraction of sp³-hybridized carbons (Fsp3) is 0.318. The highest BCUT2D eigenvalue weighted by Crippen LogP contribution is 2.27. The van der Waals surface area contributed by atoms with E-state index in [1.807, 2.05) is 41.8 Å². The van der Waals surface area contributed by atoms with E-state index in [4.69, 9.17) is 9.84 Å². The van der Waals surface area contributed by atoms with Gasteiger partial charge in [-0.1, -0.05) is 26.8 Å². The molecule has 7 nitrogen and oxygen atoms in total. The van der Waals surface area contributed by atoms with Crippen LogP contribution >= 0.6 is 11.3 Å². The van der Waals surface area contributed by atoms with E-state index in [-0.39, 0.29) is 23.8 Å². The molecule has 0 atom stereocenters. The number of rotatable bonds is 6. The first kappa shape index (κ1) is 21.6. The number of amides is 2. The third-order valence-corrected chi connectivity index (χ3v) is 5.38. The molecule has 3 aromatic rings. The van der Waals surface area contributed by atoms with Gasteiger partial charge in [0.1, 0.15) is 11.6 Å². The second kappa shape index (κ2) is 8.71. The van der Waals surface area contributed by atoms with Crippen LogP contribution in [0.2, 0.25) is 0 Å². The zero-order valence-electron chi connectivity index (χ0n) is 17.8. The molecule has 2 heterocycles. The number of nitrogens with one attached hydrogen (secondary N) is 1. The Balaban J connectivity index is 1.82. The number of likely N-dealkylation sites (N-methyl/N-ethyl adjacent to an activating group) is 1. The third kappa shape index (κ3) is 4.88. The summed E-state index contributed by atoms with van der Waals surface area (Å²) in [7, 11) is 3.23. The summed E-state index contributed by atoms with van der Waals surface area (Å²) in [4.78, 5) is 27.1. The lowest BCUT2D eigenvalue weighted by molar-refractivity contribution is -0.116. The molecule has 0 spiro atoms. The first-order valence-corrected chi connectivity index (χ1v) is 10.4. The minimum Gasteiger partial charge on any atom is -0.497 e. The van der Waals surface area contributed by atoms with E-state index in [1.165, 1.54) is 16.2 Å². The number of thiophene rings is 1. The Morgan fingerprint density at radius 2 is 1.90 bits per heavy atom. The van der Waals surface area contributed by atoms with Crippen molar-refractivity contribution in [3.8, 4) is 11.4 Å². The highest BCUT2D eigenvalue weighted by atomic mass is 32.1. The first-order chi connectivity index (χ1) is 14.2. The van der Waals surface area contributed by atoms with Crippen LogP contribution in [-0.4, -0.2) is 47.2 Å². The van der Waals surface area contributed by atoms with Crippen molar-refractivity contribution in [2.75, 3.05) is 26.0 Å². The minimum absolute atomic E-state index is 0.0601. The third-order valence-electron chi connectivity index (χ3n) is 4.52. The number of carbonyl (C=O) groups is 2. The maximum absolute atomic E-state index is 12.7. The number of methoxy groups -OCH3 is 1. The molecular weight excluding hydrogens is 400 g/mol. The monoisotopic (exact) mass is 426 g/mol. The summed E-state index contributed by atoms with van der Waals surface area (Å²) in [5.74, 6) is 0.810. The fourth-order valence-electron chi connectivity index (χ4n) is 2.81. The number of anilines is 1. The normalized spacial score (nSPS) is 11.2. The van der Waals surface area contributed by atoms with E-state index in [0.717, 1.165) is 17.1 Å². The van der Waals surface area contributed by atoms with Gasteiger partial charge in [-0.3, -0.25) is 9.59 Å². The SMILES string of the molecule is COc1ccc(-n2nc(C(C)(C)C)cc2NC(=O)CN(C)C(=O)c2cccs2)cc1. The molecule has 1 aromatic carbocycles. The second-order valence-electron chi connectivity index (χ2n) is 7.96. The van der Waals surface area contributed by atoms with Gasteiger partial charge in [0.25, 0.3) is 5.91 Å². The summed E-state index contributed by atoms with van der Waals surface area (Å²) in [6.07, 6.45) is 0. The number of nitrogens with zero attached hydrogens (tertiary/aromatic N) is 3. The van der Waals surface area contributed by atoms with Crippen LogP contribution in [-0.2, 0) is 10.2 Å².